The molecule has 1 aliphatic heterocycles. The van der Waals surface area contributed by atoms with Crippen LogP contribution in [0.25, 0.3) is 0 Å². The van der Waals surface area contributed by atoms with Crippen LogP contribution in [-0.2, 0) is 13.0 Å². The first-order valence-electron chi connectivity index (χ1n) is 4.32. The second kappa shape index (κ2) is 3.67. The lowest BCUT2D eigenvalue weighted by molar-refractivity contribution is 0.229. The highest BCUT2D eigenvalue weighted by atomic mass is 79.9. The minimum atomic E-state index is 0.120. The third-order valence-electron chi connectivity index (χ3n) is 2.02. The van der Waals surface area contributed by atoms with Gasteiger partial charge in [-0.05, 0) is 15.9 Å². The molecule has 2 heterocycles. The first kappa shape index (κ1) is 9.02. The Bertz CT molecular complexity index is 311. The van der Waals surface area contributed by atoms with Gasteiger partial charge < -0.3 is 9.84 Å². The van der Waals surface area contributed by atoms with Crippen LogP contribution in [0, 0.1) is 0 Å². The van der Waals surface area contributed by atoms with Crippen molar-refractivity contribution in [3.63, 3.8) is 0 Å². The van der Waals surface area contributed by atoms with Gasteiger partial charge in [0.15, 0.2) is 0 Å². The number of fused-ring (bicyclic) bond motifs is 1. The van der Waals surface area contributed by atoms with Crippen LogP contribution >= 0.6 is 15.9 Å². The number of rotatable bonds is 2. The first-order chi connectivity index (χ1) is 6.33. The maximum Gasteiger partial charge on any atom is 0.226 e. The third kappa shape index (κ3) is 1.58. The van der Waals surface area contributed by atoms with Gasteiger partial charge in [0.05, 0.1) is 12.3 Å². The molecular formula is C8H11BrN2O2. The van der Waals surface area contributed by atoms with Crippen molar-refractivity contribution >= 4 is 15.9 Å². The van der Waals surface area contributed by atoms with Crippen LogP contribution in [-0.4, -0.2) is 28.1 Å². The fourth-order valence-corrected chi connectivity index (χ4v) is 2.01. The second-order valence-electron chi connectivity index (χ2n) is 2.96. The molecule has 2 rings (SSSR count). The minimum absolute atomic E-state index is 0.120. The van der Waals surface area contributed by atoms with Gasteiger partial charge in [-0.25, -0.2) is 4.68 Å². The summed E-state index contributed by atoms with van der Waals surface area (Å²) in [6.45, 7) is 1.78. The lowest BCUT2D eigenvalue weighted by atomic mass is 10.3. The molecule has 1 N–H and O–H groups in total. The largest absolute Gasteiger partial charge is 0.477 e. The quantitative estimate of drug-likeness (QED) is 0.846. The Labute approximate surface area is 84.6 Å². The fourth-order valence-electron chi connectivity index (χ4n) is 1.41. The van der Waals surface area contributed by atoms with Crippen molar-refractivity contribution in [2.75, 3.05) is 13.2 Å². The molecule has 13 heavy (non-hydrogen) atoms. The number of halogens is 1. The van der Waals surface area contributed by atoms with Gasteiger partial charge in [0.25, 0.3) is 0 Å². The number of hydrogen-bond donors (Lipinski definition) is 1. The Morgan fingerprint density at radius 1 is 1.62 bits per heavy atom. The van der Waals surface area contributed by atoms with Crippen LogP contribution in [0.4, 0.5) is 0 Å². The molecule has 0 saturated heterocycles. The summed E-state index contributed by atoms with van der Waals surface area (Å²) in [6.07, 6.45) is 1.57. The Hall–Kier alpha value is -0.550. The predicted molar refractivity (Wildman–Crippen MR) is 50.8 cm³/mol. The van der Waals surface area contributed by atoms with Gasteiger partial charge in [0.1, 0.15) is 4.47 Å². The molecule has 1 aliphatic rings. The maximum atomic E-state index is 8.79. The minimum Gasteiger partial charge on any atom is -0.477 e. The van der Waals surface area contributed by atoms with Crippen LogP contribution < -0.4 is 4.74 Å². The molecule has 0 fully saturated rings. The molecule has 0 saturated carbocycles. The number of aliphatic hydroxyl groups is 1. The molecule has 0 bridgehead atoms. The number of ether oxygens (including phenoxy) is 1. The molecule has 0 amide bonds. The number of aliphatic hydroxyl groups excluding tert-OH is 1. The number of aromatic nitrogens is 2. The molecule has 0 radical (unpaired) electrons. The lowest BCUT2D eigenvalue weighted by Crippen LogP contribution is -2.14. The molecule has 0 aromatic carbocycles. The van der Waals surface area contributed by atoms with Crippen molar-refractivity contribution in [3.05, 3.63) is 10.2 Å². The standard InChI is InChI=1S/C8H11BrN2O2/c9-7-6(2-4-12)10-11-3-1-5-13-8(7)11/h12H,1-5H2. The van der Waals surface area contributed by atoms with Gasteiger partial charge in [-0.1, -0.05) is 0 Å². The van der Waals surface area contributed by atoms with E-state index >= 15 is 0 Å². The Kier molecular flexibility index (Phi) is 2.55. The van der Waals surface area contributed by atoms with Crippen LogP contribution in [0.2, 0.25) is 0 Å². The number of aryl methyl sites for hydroxylation is 1. The van der Waals surface area contributed by atoms with Crippen molar-refractivity contribution in [2.45, 2.75) is 19.4 Å². The maximum absolute atomic E-state index is 8.79. The molecule has 4 nitrogen and oxygen atoms in total. The molecule has 5 heteroatoms. The van der Waals surface area contributed by atoms with Gasteiger partial charge in [0, 0.05) is 26.0 Å². The summed E-state index contributed by atoms with van der Waals surface area (Å²) < 4.78 is 8.19. The summed E-state index contributed by atoms with van der Waals surface area (Å²) in [5, 5.41) is 13.1. The van der Waals surface area contributed by atoms with Gasteiger partial charge in [-0.2, -0.15) is 5.10 Å². The molecular weight excluding hydrogens is 236 g/mol. The summed E-state index contributed by atoms with van der Waals surface area (Å²) in [7, 11) is 0. The second-order valence-corrected chi connectivity index (χ2v) is 3.76. The molecule has 72 valence electrons. The topological polar surface area (TPSA) is 47.3 Å². The zero-order valence-electron chi connectivity index (χ0n) is 7.16. The molecule has 0 unspecified atom stereocenters. The molecule has 1 aromatic heterocycles. The summed E-state index contributed by atoms with van der Waals surface area (Å²) in [5.74, 6) is 0.801. The van der Waals surface area contributed by atoms with Crippen molar-refractivity contribution in [3.8, 4) is 5.88 Å². The average Bonchev–Trinajstić information content (AvgIpc) is 2.46. The van der Waals surface area contributed by atoms with E-state index in [0.29, 0.717) is 6.42 Å². The van der Waals surface area contributed by atoms with E-state index in [1.54, 1.807) is 0 Å². The summed E-state index contributed by atoms with van der Waals surface area (Å²) in [6, 6.07) is 0. The Balaban J connectivity index is 2.33. The summed E-state index contributed by atoms with van der Waals surface area (Å²) in [4.78, 5) is 0. The molecule has 1 aromatic rings. The van der Waals surface area contributed by atoms with Crippen LogP contribution in [0.3, 0.4) is 0 Å². The Morgan fingerprint density at radius 3 is 3.15 bits per heavy atom. The van der Waals surface area contributed by atoms with E-state index in [1.165, 1.54) is 0 Å². The summed E-state index contributed by atoms with van der Waals surface area (Å²) >= 11 is 3.42. The van der Waals surface area contributed by atoms with Gasteiger partial charge in [-0.3, -0.25) is 0 Å². The van der Waals surface area contributed by atoms with E-state index in [1.807, 2.05) is 4.68 Å². The van der Waals surface area contributed by atoms with E-state index < -0.39 is 0 Å². The lowest BCUT2D eigenvalue weighted by Gasteiger charge is -2.14. The van der Waals surface area contributed by atoms with Crippen LogP contribution in [0.1, 0.15) is 12.1 Å². The van der Waals surface area contributed by atoms with E-state index in [2.05, 4.69) is 21.0 Å². The zero-order chi connectivity index (χ0) is 9.26. The van der Waals surface area contributed by atoms with Crippen molar-refractivity contribution in [1.82, 2.24) is 9.78 Å². The average molecular weight is 247 g/mol. The van der Waals surface area contributed by atoms with Gasteiger partial charge in [-0.15, -0.1) is 0 Å². The normalized spacial score (nSPS) is 15.2. The highest BCUT2D eigenvalue weighted by molar-refractivity contribution is 9.10. The number of hydrogen-bond acceptors (Lipinski definition) is 3. The van der Waals surface area contributed by atoms with E-state index in [4.69, 9.17) is 9.84 Å². The zero-order valence-corrected chi connectivity index (χ0v) is 8.75. The molecule has 0 aliphatic carbocycles. The smallest absolute Gasteiger partial charge is 0.226 e. The predicted octanol–water partition coefficient (Wildman–Crippen LogP) is 0.963. The molecule has 0 spiro atoms. The van der Waals surface area contributed by atoms with Crippen LogP contribution in [0.15, 0.2) is 4.47 Å². The van der Waals surface area contributed by atoms with Gasteiger partial charge in [0.2, 0.25) is 5.88 Å². The van der Waals surface area contributed by atoms with Gasteiger partial charge >= 0.3 is 0 Å². The van der Waals surface area contributed by atoms with Crippen molar-refractivity contribution in [2.24, 2.45) is 0 Å². The third-order valence-corrected chi connectivity index (χ3v) is 2.82. The van der Waals surface area contributed by atoms with E-state index in [9.17, 15) is 0 Å². The first-order valence-corrected chi connectivity index (χ1v) is 5.11. The monoisotopic (exact) mass is 246 g/mol. The fraction of sp³-hybridized carbons (Fsp3) is 0.625. The van der Waals surface area contributed by atoms with Crippen LogP contribution in [0.5, 0.6) is 5.88 Å². The SMILES string of the molecule is OCCc1nn2c(c1Br)OCCC2. The van der Waals surface area contributed by atoms with E-state index in [0.717, 1.165) is 35.6 Å². The highest BCUT2D eigenvalue weighted by Gasteiger charge is 2.19. The van der Waals surface area contributed by atoms with Crippen molar-refractivity contribution < 1.29 is 9.84 Å². The summed E-state index contributed by atoms with van der Waals surface area (Å²) in [5.41, 5.74) is 0.874. The van der Waals surface area contributed by atoms with Crippen molar-refractivity contribution in [1.29, 1.82) is 0 Å². The highest BCUT2D eigenvalue weighted by Crippen LogP contribution is 2.31. The Morgan fingerprint density at radius 2 is 2.46 bits per heavy atom. The number of nitrogens with zero attached hydrogens (tertiary/aromatic N) is 2. The van der Waals surface area contributed by atoms with E-state index in [-0.39, 0.29) is 6.61 Å². The molecule has 0 atom stereocenters.